The lowest BCUT2D eigenvalue weighted by molar-refractivity contribution is 0.589. The SMILES string of the molecule is CC(C)(C)c1ccc(C(N)Cc2cccc(F)c2Cl)cc1. The molecule has 0 fully saturated rings. The van der Waals surface area contributed by atoms with Crippen molar-refractivity contribution in [2.24, 2.45) is 5.73 Å². The van der Waals surface area contributed by atoms with E-state index in [1.165, 1.54) is 11.6 Å². The third kappa shape index (κ3) is 3.84. The lowest BCUT2D eigenvalue weighted by Gasteiger charge is -2.20. The Balaban J connectivity index is 2.17. The molecule has 0 saturated heterocycles. The second kappa shape index (κ2) is 6.17. The molecule has 0 aromatic heterocycles. The molecule has 0 saturated carbocycles. The van der Waals surface area contributed by atoms with Crippen molar-refractivity contribution in [2.45, 2.75) is 38.6 Å². The quantitative estimate of drug-likeness (QED) is 0.846. The van der Waals surface area contributed by atoms with Gasteiger partial charge in [0.1, 0.15) is 5.82 Å². The minimum Gasteiger partial charge on any atom is -0.324 e. The van der Waals surface area contributed by atoms with E-state index in [1.807, 2.05) is 18.2 Å². The van der Waals surface area contributed by atoms with Gasteiger partial charge in [0.2, 0.25) is 0 Å². The molecule has 112 valence electrons. The Hall–Kier alpha value is -1.38. The van der Waals surface area contributed by atoms with Gasteiger partial charge in [-0.15, -0.1) is 0 Å². The van der Waals surface area contributed by atoms with E-state index in [0.29, 0.717) is 6.42 Å². The fourth-order valence-corrected chi connectivity index (χ4v) is 2.49. The van der Waals surface area contributed by atoms with Crippen LogP contribution in [0, 0.1) is 5.82 Å². The highest BCUT2D eigenvalue weighted by molar-refractivity contribution is 6.31. The van der Waals surface area contributed by atoms with Gasteiger partial charge in [0.05, 0.1) is 5.02 Å². The summed E-state index contributed by atoms with van der Waals surface area (Å²) in [7, 11) is 0. The summed E-state index contributed by atoms with van der Waals surface area (Å²) < 4.78 is 13.4. The third-order valence-electron chi connectivity index (χ3n) is 3.68. The van der Waals surface area contributed by atoms with Crippen LogP contribution in [0.2, 0.25) is 5.02 Å². The maximum Gasteiger partial charge on any atom is 0.142 e. The van der Waals surface area contributed by atoms with Crippen LogP contribution in [0.3, 0.4) is 0 Å². The van der Waals surface area contributed by atoms with Crippen molar-refractivity contribution in [3.05, 3.63) is 70.0 Å². The summed E-state index contributed by atoms with van der Waals surface area (Å²) in [6.07, 6.45) is 0.519. The van der Waals surface area contributed by atoms with E-state index in [0.717, 1.165) is 11.1 Å². The number of halogens is 2. The normalized spacial score (nSPS) is 13.2. The van der Waals surface area contributed by atoms with Crippen molar-refractivity contribution in [3.8, 4) is 0 Å². The van der Waals surface area contributed by atoms with E-state index in [4.69, 9.17) is 17.3 Å². The first kappa shape index (κ1) is 16.0. The molecule has 0 aliphatic heterocycles. The molecule has 0 heterocycles. The average molecular weight is 306 g/mol. The summed E-state index contributed by atoms with van der Waals surface area (Å²) in [6, 6.07) is 12.9. The molecule has 21 heavy (non-hydrogen) atoms. The van der Waals surface area contributed by atoms with Crippen molar-refractivity contribution in [1.29, 1.82) is 0 Å². The maximum absolute atomic E-state index is 13.4. The molecule has 0 spiro atoms. The molecule has 0 bridgehead atoms. The molecular weight excluding hydrogens is 285 g/mol. The molecule has 0 aliphatic rings. The van der Waals surface area contributed by atoms with Gasteiger partial charge in [0, 0.05) is 6.04 Å². The van der Waals surface area contributed by atoms with Crippen molar-refractivity contribution in [3.63, 3.8) is 0 Å². The first-order chi connectivity index (χ1) is 9.79. The van der Waals surface area contributed by atoms with Gasteiger partial charge in [-0.05, 0) is 34.6 Å². The standard InChI is InChI=1S/C18H21ClFN/c1-18(2,3)14-9-7-12(8-10-14)16(21)11-13-5-4-6-15(20)17(13)19/h4-10,16H,11,21H2,1-3H3. The Morgan fingerprint density at radius 2 is 1.71 bits per heavy atom. The number of nitrogens with two attached hydrogens (primary N) is 1. The van der Waals surface area contributed by atoms with Gasteiger partial charge in [-0.25, -0.2) is 4.39 Å². The van der Waals surface area contributed by atoms with Gasteiger partial charge in [0.15, 0.2) is 0 Å². The molecule has 1 nitrogen and oxygen atoms in total. The van der Waals surface area contributed by atoms with E-state index in [1.54, 1.807) is 6.07 Å². The summed E-state index contributed by atoms with van der Waals surface area (Å²) in [4.78, 5) is 0. The zero-order chi connectivity index (χ0) is 15.6. The largest absolute Gasteiger partial charge is 0.324 e. The smallest absolute Gasteiger partial charge is 0.142 e. The zero-order valence-corrected chi connectivity index (χ0v) is 13.4. The third-order valence-corrected chi connectivity index (χ3v) is 4.10. The molecule has 2 rings (SSSR count). The van der Waals surface area contributed by atoms with E-state index in [2.05, 4.69) is 32.9 Å². The molecular formula is C18H21ClFN. The second-order valence-electron chi connectivity index (χ2n) is 6.40. The van der Waals surface area contributed by atoms with E-state index in [9.17, 15) is 4.39 Å². The highest BCUT2D eigenvalue weighted by atomic mass is 35.5. The Morgan fingerprint density at radius 3 is 2.29 bits per heavy atom. The van der Waals surface area contributed by atoms with E-state index < -0.39 is 5.82 Å². The van der Waals surface area contributed by atoms with Crippen LogP contribution in [0.15, 0.2) is 42.5 Å². The van der Waals surface area contributed by atoms with Crippen LogP contribution in [-0.4, -0.2) is 0 Å². The van der Waals surface area contributed by atoms with Crippen LogP contribution in [0.4, 0.5) is 4.39 Å². The number of benzene rings is 2. The molecule has 1 atom stereocenters. The van der Waals surface area contributed by atoms with Crippen LogP contribution in [0.25, 0.3) is 0 Å². The Labute approximate surface area is 130 Å². The monoisotopic (exact) mass is 305 g/mol. The van der Waals surface area contributed by atoms with E-state index >= 15 is 0 Å². The van der Waals surface area contributed by atoms with Crippen LogP contribution < -0.4 is 5.73 Å². The summed E-state index contributed by atoms with van der Waals surface area (Å²) in [5.41, 5.74) is 9.38. The minimum atomic E-state index is -0.399. The Bertz CT molecular complexity index is 614. The maximum atomic E-state index is 13.4. The van der Waals surface area contributed by atoms with Crippen molar-refractivity contribution >= 4 is 11.6 Å². The van der Waals surface area contributed by atoms with Crippen LogP contribution in [0.5, 0.6) is 0 Å². The zero-order valence-electron chi connectivity index (χ0n) is 12.7. The Kier molecular flexibility index (Phi) is 4.70. The highest BCUT2D eigenvalue weighted by Gasteiger charge is 2.15. The molecule has 1 unspecified atom stereocenters. The lowest BCUT2D eigenvalue weighted by atomic mass is 9.86. The van der Waals surface area contributed by atoms with Crippen molar-refractivity contribution in [1.82, 2.24) is 0 Å². The predicted octanol–water partition coefficient (Wildman–Crippen LogP) is 5.02. The Morgan fingerprint density at radius 1 is 1.10 bits per heavy atom. The fraction of sp³-hybridized carbons (Fsp3) is 0.333. The van der Waals surface area contributed by atoms with Crippen LogP contribution in [-0.2, 0) is 11.8 Å². The van der Waals surface area contributed by atoms with Crippen molar-refractivity contribution < 1.29 is 4.39 Å². The predicted molar refractivity (Wildman–Crippen MR) is 87.2 cm³/mol. The fourth-order valence-electron chi connectivity index (χ4n) is 2.29. The molecule has 2 N–H and O–H groups in total. The lowest BCUT2D eigenvalue weighted by Crippen LogP contribution is -2.15. The number of rotatable bonds is 3. The summed E-state index contributed by atoms with van der Waals surface area (Å²) in [5.74, 6) is -0.399. The molecule has 0 amide bonds. The second-order valence-corrected chi connectivity index (χ2v) is 6.77. The molecule has 2 aromatic carbocycles. The topological polar surface area (TPSA) is 26.0 Å². The van der Waals surface area contributed by atoms with Gasteiger partial charge >= 0.3 is 0 Å². The summed E-state index contributed by atoms with van der Waals surface area (Å²) in [5, 5.41) is 0.166. The first-order valence-corrected chi connectivity index (χ1v) is 7.46. The van der Waals surface area contributed by atoms with Gasteiger partial charge in [-0.3, -0.25) is 0 Å². The molecule has 2 aromatic rings. The first-order valence-electron chi connectivity index (χ1n) is 7.08. The van der Waals surface area contributed by atoms with Gasteiger partial charge in [-0.2, -0.15) is 0 Å². The van der Waals surface area contributed by atoms with Crippen molar-refractivity contribution in [2.75, 3.05) is 0 Å². The van der Waals surface area contributed by atoms with Gasteiger partial charge in [-0.1, -0.05) is 68.8 Å². The van der Waals surface area contributed by atoms with Crippen LogP contribution >= 0.6 is 11.6 Å². The molecule has 0 aliphatic carbocycles. The summed E-state index contributed by atoms with van der Waals surface area (Å²) in [6.45, 7) is 6.53. The van der Waals surface area contributed by atoms with Gasteiger partial charge < -0.3 is 5.73 Å². The molecule has 3 heteroatoms. The minimum absolute atomic E-state index is 0.120. The highest BCUT2D eigenvalue weighted by Crippen LogP contribution is 2.27. The van der Waals surface area contributed by atoms with Crippen LogP contribution in [0.1, 0.15) is 43.5 Å². The van der Waals surface area contributed by atoms with Gasteiger partial charge in [0.25, 0.3) is 0 Å². The molecule has 0 radical (unpaired) electrons. The number of hydrogen-bond donors (Lipinski definition) is 1. The average Bonchev–Trinajstić information content (AvgIpc) is 2.43. The summed E-state index contributed by atoms with van der Waals surface area (Å²) >= 11 is 5.98. The number of hydrogen-bond acceptors (Lipinski definition) is 1. The van der Waals surface area contributed by atoms with E-state index in [-0.39, 0.29) is 16.5 Å².